The summed E-state index contributed by atoms with van der Waals surface area (Å²) in [7, 11) is 2.00. The lowest BCUT2D eigenvalue weighted by Crippen LogP contribution is -2.31. The number of phenolic OH excluding ortho intramolecular Hbond substituents is 1. The average Bonchev–Trinajstić information content (AvgIpc) is 3.08. The second-order valence-electron chi connectivity index (χ2n) is 6.61. The van der Waals surface area contributed by atoms with Gasteiger partial charge in [-0.25, -0.2) is 4.79 Å². The molecule has 0 atom stereocenters. The van der Waals surface area contributed by atoms with Gasteiger partial charge in [-0.15, -0.1) is 0 Å². The number of benzene rings is 1. The number of rotatable bonds is 2. The van der Waals surface area contributed by atoms with Crippen LogP contribution in [0.15, 0.2) is 26.4 Å². The van der Waals surface area contributed by atoms with Crippen molar-refractivity contribution in [2.75, 3.05) is 26.7 Å². The zero-order chi connectivity index (χ0) is 16.7. The number of fused-ring (bicyclic) bond motifs is 3. The smallest absolute Gasteiger partial charge is 0.341 e. The second-order valence-corrected chi connectivity index (χ2v) is 6.61. The van der Waals surface area contributed by atoms with Gasteiger partial charge in [-0.2, -0.15) is 5.10 Å². The number of hydrogen-bond acceptors (Lipinski definition) is 6. The largest absolute Gasteiger partial charge is 0.507 e. The maximum Gasteiger partial charge on any atom is 0.341 e. The van der Waals surface area contributed by atoms with Crippen molar-refractivity contribution < 1.29 is 9.52 Å². The van der Waals surface area contributed by atoms with Crippen LogP contribution in [0.3, 0.4) is 0 Å². The SMILES string of the molecule is CN1CCc2c(c(=O)oc3c(/C=N/N4CCCC4)c(O)ccc23)C1. The molecular formula is C18H21N3O3. The topological polar surface area (TPSA) is 69.3 Å². The highest BCUT2D eigenvalue weighted by Gasteiger charge is 2.22. The van der Waals surface area contributed by atoms with Gasteiger partial charge in [0.25, 0.3) is 0 Å². The van der Waals surface area contributed by atoms with E-state index in [1.807, 2.05) is 18.1 Å². The first kappa shape index (κ1) is 15.2. The van der Waals surface area contributed by atoms with E-state index in [1.165, 1.54) is 0 Å². The summed E-state index contributed by atoms with van der Waals surface area (Å²) >= 11 is 0. The van der Waals surface area contributed by atoms with Crippen molar-refractivity contribution in [1.82, 2.24) is 9.91 Å². The first-order chi connectivity index (χ1) is 11.6. The van der Waals surface area contributed by atoms with Crippen LogP contribution < -0.4 is 5.63 Å². The van der Waals surface area contributed by atoms with E-state index in [9.17, 15) is 9.90 Å². The molecular weight excluding hydrogens is 306 g/mol. The fourth-order valence-electron chi connectivity index (χ4n) is 3.55. The molecule has 0 unspecified atom stereocenters. The Morgan fingerprint density at radius 1 is 1.21 bits per heavy atom. The minimum Gasteiger partial charge on any atom is -0.507 e. The van der Waals surface area contributed by atoms with Gasteiger partial charge in [0.2, 0.25) is 0 Å². The summed E-state index contributed by atoms with van der Waals surface area (Å²) in [6, 6.07) is 3.50. The first-order valence-corrected chi connectivity index (χ1v) is 8.41. The highest BCUT2D eigenvalue weighted by molar-refractivity contribution is 6.00. The molecule has 24 heavy (non-hydrogen) atoms. The van der Waals surface area contributed by atoms with E-state index in [0.29, 0.717) is 17.7 Å². The minimum atomic E-state index is -0.314. The Labute approximate surface area is 140 Å². The van der Waals surface area contributed by atoms with Gasteiger partial charge in [0, 0.05) is 31.6 Å². The number of hydrogen-bond donors (Lipinski definition) is 1. The van der Waals surface area contributed by atoms with Crippen molar-refractivity contribution in [3.63, 3.8) is 0 Å². The number of aromatic hydroxyl groups is 1. The number of nitrogens with zero attached hydrogens (tertiary/aromatic N) is 3. The van der Waals surface area contributed by atoms with Crippen LogP contribution in [0.4, 0.5) is 0 Å². The Hall–Kier alpha value is -2.34. The van der Waals surface area contributed by atoms with Crippen molar-refractivity contribution in [2.24, 2.45) is 5.10 Å². The summed E-state index contributed by atoms with van der Waals surface area (Å²) in [5.74, 6) is 0.0847. The third-order valence-corrected chi connectivity index (χ3v) is 4.91. The first-order valence-electron chi connectivity index (χ1n) is 8.41. The van der Waals surface area contributed by atoms with Crippen LogP contribution in [-0.2, 0) is 13.0 Å². The second kappa shape index (κ2) is 5.94. The molecule has 0 amide bonds. The van der Waals surface area contributed by atoms with Crippen molar-refractivity contribution in [3.8, 4) is 5.75 Å². The Kier molecular flexibility index (Phi) is 3.76. The monoisotopic (exact) mass is 327 g/mol. The van der Waals surface area contributed by atoms with Crippen LogP contribution in [0.1, 0.15) is 29.5 Å². The molecule has 1 N–H and O–H groups in total. The lowest BCUT2D eigenvalue weighted by molar-refractivity contribution is 0.306. The zero-order valence-corrected chi connectivity index (χ0v) is 13.8. The van der Waals surface area contributed by atoms with E-state index in [-0.39, 0.29) is 11.4 Å². The molecule has 1 aromatic heterocycles. The Bertz CT molecular complexity index is 866. The fourth-order valence-corrected chi connectivity index (χ4v) is 3.55. The number of phenols is 1. The Morgan fingerprint density at radius 2 is 2.00 bits per heavy atom. The van der Waals surface area contributed by atoms with Crippen molar-refractivity contribution in [3.05, 3.63) is 39.2 Å². The molecule has 6 heteroatoms. The summed E-state index contributed by atoms with van der Waals surface area (Å²) in [6.45, 7) is 3.36. The molecule has 0 saturated carbocycles. The van der Waals surface area contributed by atoms with Gasteiger partial charge in [-0.3, -0.25) is 5.01 Å². The van der Waals surface area contributed by atoms with E-state index < -0.39 is 0 Å². The Morgan fingerprint density at radius 3 is 2.79 bits per heavy atom. The predicted molar refractivity (Wildman–Crippen MR) is 92.6 cm³/mol. The van der Waals surface area contributed by atoms with Gasteiger partial charge in [-0.05, 0) is 44.0 Å². The van der Waals surface area contributed by atoms with E-state index in [2.05, 4.69) is 10.0 Å². The maximum absolute atomic E-state index is 12.4. The third kappa shape index (κ3) is 2.57. The lowest BCUT2D eigenvalue weighted by Gasteiger charge is -2.24. The maximum atomic E-state index is 12.4. The number of likely N-dealkylation sites (N-methyl/N-ethyl adjacent to an activating group) is 1. The number of hydrazone groups is 1. The normalized spacial score (nSPS) is 18.6. The molecule has 6 nitrogen and oxygen atoms in total. The molecule has 126 valence electrons. The zero-order valence-electron chi connectivity index (χ0n) is 13.8. The van der Waals surface area contributed by atoms with Crippen LogP contribution in [0.5, 0.6) is 5.75 Å². The standard InChI is InChI=1S/C18H21N3O3/c1-20-9-6-12-13-4-5-16(22)14(10-19-21-7-2-3-8-21)17(13)24-18(23)15(12)11-20/h4-5,10,22H,2-3,6-9,11H2,1H3/b19-10+. The van der Waals surface area contributed by atoms with Crippen LogP contribution in [-0.4, -0.2) is 47.9 Å². The summed E-state index contributed by atoms with van der Waals surface area (Å²) < 4.78 is 5.58. The quantitative estimate of drug-likeness (QED) is 0.674. The van der Waals surface area contributed by atoms with Gasteiger partial charge in [-0.1, -0.05) is 0 Å². The molecule has 1 fully saturated rings. The summed E-state index contributed by atoms with van der Waals surface area (Å²) in [5.41, 5.74) is 2.37. The van der Waals surface area contributed by atoms with Crippen molar-refractivity contribution in [1.29, 1.82) is 0 Å². The molecule has 0 bridgehead atoms. The van der Waals surface area contributed by atoms with Crippen LogP contribution in [0.2, 0.25) is 0 Å². The molecule has 3 heterocycles. The Balaban J connectivity index is 1.86. The van der Waals surface area contributed by atoms with E-state index in [0.717, 1.165) is 55.4 Å². The molecule has 2 aliphatic heterocycles. The van der Waals surface area contributed by atoms with Crippen molar-refractivity contribution in [2.45, 2.75) is 25.8 Å². The highest BCUT2D eigenvalue weighted by Crippen LogP contribution is 2.30. The van der Waals surface area contributed by atoms with Crippen LogP contribution in [0, 0.1) is 0 Å². The van der Waals surface area contributed by atoms with Gasteiger partial charge < -0.3 is 14.4 Å². The average molecular weight is 327 g/mol. The summed E-state index contributed by atoms with van der Waals surface area (Å²) in [5, 5.41) is 17.6. The van der Waals surface area contributed by atoms with Gasteiger partial charge in [0.1, 0.15) is 5.75 Å². The van der Waals surface area contributed by atoms with Gasteiger partial charge in [0.15, 0.2) is 5.58 Å². The molecule has 1 aromatic carbocycles. The molecule has 2 aliphatic rings. The summed E-state index contributed by atoms with van der Waals surface area (Å²) in [4.78, 5) is 14.5. The molecule has 1 saturated heterocycles. The fraction of sp³-hybridized carbons (Fsp3) is 0.444. The highest BCUT2D eigenvalue weighted by atomic mass is 16.4. The third-order valence-electron chi connectivity index (χ3n) is 4.91. The molecule has 0 radical (unpaired) electrons. The molecule has 2 aromatic rings. The molecule has 4 rings (SSSR count). The van der Waals surface area contributed by atoms with Gasteiger partial charge >= 0.3 is 5.63 Å². The van der Waals surface area contributed by atoms with Crippen LogP contribution >= 0.6 is 0 Å². The van der Waals surface area contributed by atoms with E-state index >= 15 is 0 Å². The minimum absolute atomic E-state index is 0.0847. The van der Waals surface area contributed by atoms with E-state index in [4.69, 9.17) is 4.42 Å². The molecule has 0 aliphatic carbocycles. The van der Waals surface area contributed by atoms with Crippen molar-refractivity contribution >= 4 is 17.2 Å². The predicted octanol–water partition coefficient (Wildman–Crippen LogP) is 1.92. The van der Waals surface area contributed by atoms with E-state index in [1.54, 1.807) is 12.3 Å². The summed E-state index contributed by atoms with van der Waals surface area (Å²) in [6.07, 6.45) is 4.69. The molecule has 0 spiro atoms. The van der Waals surface area contributed by atoms with Gasteiger partial charge in [0.05, 0.1) is 17.3 Å². The lowest BCUT2D eigenvalue weighted by atomic mass is 9.96. The van der Waals surface area contributed by atoms with Crippen LogP contribution in [0.25, 0.3) is 11.0 Å².